The first-order chi connectivity index (χ1) is 9.97. The quantitative estimate of drug-likeness (QED) is 0.759. The van der Waals surface area contributed by atoms with Crippen molar-refractivity contribution in [1.82, 2.24) is 4.90 Å². The predicted molar refractivity (Wildman–Crippen MR) is 88.3 cm³/mol. The molecule has 2 rings (SSSR count). The lowest BCUT2D eigenvalue weighted by atomic mass is 10.1. The number of nitrogens with two attached hydrogens (primary N) is 1. The summed E-state index contributed by atoms with van der Waals surface area (Å²) in [5, 5.41) is 2.97. The van der Waals surface area contributed by atoms with E-state index in [1.807, 2.05) is 25.1 Å². The van der Waals surface area contributed by atoms with Crippen LogP contribution in [0.5, 0.6) is 0 Å². The molecule has 1 aliphatic rings. The number of rotatable bonds is 7. The Kier molecular flexibility index (Phi) is 5.23. The summed E-state index contributed by atoms with van der Waals surface area (Å²) in [6, 6.07) is 6.28. The van der Waals surface area contributed by atoms with Crippen LogP contribution in [-0.2, 0) is 4.79 Å². The normalized spacial score (nSPS) is 14.7. The van der Waals surface area contributed by atoms with Gasteiger partial charge in [0.25, 0.3) is 0 Å². The van der Waals surface area contributed by atoms with Crippen LogP contribution in [0.2, 0.25) is 0 Å². The van der Waals surface area contributed by atoms with Crippen molar-refractivity contribution in [3.63, 3.8) is 0 Å². The first kappa shape index (κ1) is 15.8. The zero-order chi connectivity index (χ0) is 15.4. The summed E-state index contributed by atoms with van der Waals surface area (Å²) in [5.74, 6) is 0.702. The minimum absolute atomic E-state index is 0.0339. The number of hydrogen-bond acceptors (Lipinski definition) is 3. The number of hydrogen-bond donors (Lipinski definition) is 2. The van der Waals surface area contributed by atoms with Crippen LogP contribution in [-0.4, -0.2) is 29.9 Å². The highest BCUT2D eigenvalue weighted by atomic mass is 16.2. The Morgan fingerprint density at radius 1 is 1.43 bits per heavy atom. The van der Waals surface area contributed by atoms with E-state index in [4.69, 9.17) is 5.73 Å². The molecular weight excluding hydrogens is 262 g/mol. The Balaban J connectivity index is 1.93. The van der Waals surface area contributed by atoms with E-state index in [9.17, 15) is 4.79 Å². The number of nitrogen functional groups attached to an aromatic ring is 1. The molecule has 21 heavy (non-hydrogen) atoms. The average molecular weight is 289 g/mol. The molecule has 3 N–H and O–H groups in total. The van der Waals surface area contributed by atoms with E-state index >= 15 is 0 Å². The first-order valence-electron chi connectivity index (χ1n) is 7.86. The molecule has 0 heterocycles. The van der Waals surface area contributed by atoms with Crippen molar-refractivity contribution >= 4 is 17.3 Å². The minimum atomic E-state index is 0.0339. The highest BCUT2D eigenvalue weighted by Crippen LogP contribution is 2.28. The van der Waals surface area contributed by atoms with Crippen LogP contribution in [0, 0.1) is 12.8 Å². The van der Waals surface area contributed by atoms with E-state index in [2.05, 4.69) is 24.1 Å². The van der Waals surface area contributed by atoms with E-state index in [0.717, 1.165) is 24.2 Å². The van der Waals surface area contributed by atoms with E-state index in [1.165, 1.54) is 12.8 Å². The fraction of sp³-hybridized carbons (Fsp3) is 0.588. The van der Waals surface area contributed by atoms with Gasteiger partial charge in [-0.2, -0.15) is 0 Å². The van der Waals surface area contributed by atoms with E-state index in [1.54, 1.807) is 0 Å². The lowest BCUT2D eigenvalue weighted by molar-refractivity contribution is -0.117. The number of amides is 1. The van der Waals surface area contributed by atoms with Crippen LogP contribution in [0.15, 0.2) is 18.2 Å². The minimum Gasteiger partial charge on any atom is -0.397 e. The summed E-state index contributed by atoms with van der Waals surface area (Å²) in [4.78, 5) is 14.6. The molecule has 4 nitrogen and oxygen atoms in total. The van der Waals surface area contributed by atoms with Crippen molar-refractivity contribution < 1.29 is 4.79 Å². The van der Waals surface area contributed by atoms with Crippen LogP contribution in [0.4, 0.5) is 11.4 Å². The molecule has 1 fully saturated rings. The Morgan fingerprint density at radius 3 is 2.71 bits per heavy atom. The molecule has 0 radical (unpaired) electrons. The van der Waals surface area contributed by atoms with Crippen molar-refractivity contribution in [2.24, 2.45) is 5.92 Å². The summed E-state index contributed by atoms with van der Waals surface area (Å²) in [6.45, 7) is 7.87. The number of nitrogens with one attached hydrogen (secondary N) is 1. The second-order valence-corrected chi connectivity index (χ2v) is 6.47. The van der Waals surface area contributed by atoms with Crippen LogP contribution < -0.4 is 11.1 Å². The second kappa shape index (κ2) is 6.94. The molecule has 0 aromatic heterocycles. The molecule has 0 spiro atoms. The van der Waals surface area contributed by atoms with Crippen LogP contribution >= 0.6 is 0 Å². The smallest absolute Gasteiger partial charge is 0.238 e. The molecule has 0 atom stereocenters. The summed E-state index contributed by atoms with van der Waals surface area (Å²) in [5.41, 5.74) is 8.33. The molecule has 1 aromatic rings. The van der Waals surface area contributed by atoms with Gasteiger partial charge in [0.2, 0.25) is 5.91 Å². The van der Waals surface area contributed by atoms with Crippen molar-refractivity contribution in [1.29, 1.82) is 0 Å². The van der Waals surface area contributed by atoms with Gasteiger partial charge in [0.15, 0.2) is 0 Å². The summed E-state index contributed by atoms with van der Waals surface area (Å²) < 4.78 is 0. The summed E-state index contributed by atoms with van der Waals surface area (Å²) in [7, 11) is 0. The fourth-order valence-electron chi connectivity index (χ4n) is 2.48. The third-order valence-corrected chi connectivity index (χ3v) is 3.97. The maximum atomic E-state index is 12.3. The van der Waals surface area contributed by atoms with Gasteiger partial charge in [0, 0.05) is 6.04 Å². The molecular formula is C17H27N3O. The standard InChI is InChI=1S/C17H27N3O/c1-12(2)9-10-20(14-7-8-14)11-16(21)19-17-13(3)5-4-6-15(17)18/h4-6,12,14H,7-11,18H2,1-3H3,(H,19,21). The molecule has 0 aliphatic heterocycles. The van der Waals surface area contributed by atoms with Crippen LogP contribution in [0.1, 0.15) is 38.7 Å². The maximum Gasteiger partial charge on any atom is 0.238 e. The van der Waals surface area contributed by atoms with Crippen molar-refractivity contribution in [3.8, 4) is 0 Å². The summed E-state index contributed by atoms with van der Waals surface area (Å²) >= 11 is 0. The number of carbonyl (C=O) groups excluding carboxylic acids is 1. The second-order valence-electron chi connectivity index (χ2n) is 6.47. The summed E-state index contributed by atoms with van der Waals surface area (Å²) in [6.07, 6.45) is 3.58. The average Bonchev–Trinajstić information content (AvgIpc) is 3.23. The molecule has 1 amide bonds. The highest BCUT2D eigenvalue weighted by Gasteiger charge is 2.30. The third-order valence-electron chi connectivity index (χ3n) is 3.97. The van der Waals surface area contributed by atoms with Gasteiger partial charge in [-0.1, -0.05) is 26.0 Å². The van der Waals surface area contributed by atoms with Crippen LogP contribution in [0.3, 0.4) is 0 Å². The van der Waals surface area contributed by atoms with Gasteiger partial charge in [0.1, 0.15) is 0 Å². The number of aryl methyl sites for hydroxylation is 1. The predicted octanol–water partition coefficient (Wildman–Crippen LogP) is 3.03. The third kappa shape index (κ3) is 4.74. The Labute approximate surface area is 127 Å². The van der Waals surface area contributed by atoms with Gasteiger partial charge in [-0.25, -0.2) is 0 Å². The van der Waals surface area contributed by atoms with E-state index in [0.29, 0.717) is 24.2 Å². The zero-order valence-electron chi connectivity index (χ0n) is 13.4. The molecule has 1 aliphatic carbocycles. The van der Waals surface area contributed by atoms with Crippen molar-refractivity contribution in [2.45, 2.75) is 46.1 Å². The molecule has 4 heteroatoms. The first-order valence-corrected chi connectivity index (χ1v) is 7.86. The number of carbonyl (C=O) groups is 1. The van der Waals surface area contributed by atoms with Gasteiger partial charge >= 0.3 is 0 Å². The number of anilines is 2. The largest absolute Gasteiger partial charge is 0.397 e. The fourth-order valence-corrected chi connectivity index (χ4v) is 2.48. The van der Waals surface area contributed by atoms with Gasteiger partial charge in [-0.05, 0) is 50.3 Å². The number of para-hydroxylation sites is 1. The molecule has 1 saturated carbocycles. The van der Waals surface area contributed by atoms with Crippen molar-refractivity contribution in [3.05, 3.63) is 23.8 Å². The van der Waals surface area contributed by atoms with Gasteiger partial charge in [0.05, 0.1) is 17.9 Å². The Bertz CT molecular complexity index is 475. The van der Waals surface area contributed by atoms with E-state index in [-0.39, 0.29) is 5.91 Å². The number of benzene rings is 1. The molecule has 1 aromatic carbocycles. The van der Waals surface area contributed by atoms with Gasteiger partial charge < -0.3 is 11.1 Å². The monoisotopic (exact) mass is 289 g/mol. The topological polar surface area (TPSA) is 58.4 Å². The SMILES string of the molecule is Cc1cccc(N)c1NC(=O)CN(CCC(C)C)C1CC1. The zero-order valence-corrected chi connectivity index (χ0v) is 13.4. The molecule has 0 saturated heterocycles. The Morgan fingerprint density at radius 2 is 2.14 bits per heavy atom. The molecule has 0 bridgehead atoms. The van der Waals surface area contributed by atoms with E-state index < -0.39 is 0 Å². The lowest BCUT2D eigenvalue weighted by Gasteiger charge is -2.22. The number of nitrogens with zero attached hydrogens (tertiary/aromatic N) is 1. The lowest BCUT2D eigenvalue weighted by Crippen LogP contribution is -2.36. The maximum absolute atomic E-state index is 12.3. The highest BCUT2D eigenvalue weighted by molar-refractivity contribution is 5.96. The van der Waals surface area contributed by atoms with Gasteiger partial charge in [-0.15, -0.1) is 0 Å². The van der Waals surface area contributed by atoms with Crippen molar-refractivity contribution in [2.75, 3.05) is 24.1 Å². The molecule has 116 valence electrons. The van der Waals surface area contributed by atoms with Crippen LogP contribution in [0.25, 0.3) is 0 Å². The van der Waals surface area contributed by atoms with Gasteiger partial charge in [-0.3, -0.25) is 9.69 Å². The molecule has 0 unspecified atom stereocenters. The Hall–Kier alpha value is -1.55.